The van der Waals surface area contributed by atoms with E-state index < -0.39 is 13.0 Å². The van der Waals surface area contributed by atoms with Crippen LogP contribution in [0.15, 0.2) is 18.3 Å². The zero-order valence-corrected chi connectivity index (χ0v) is 10.4. The molecule has 0 aliphatic rings. The average molecular weight is 260 g/mol. The van der Waals surface area contributed by atoms with Crippen molar-refractivity contribution in [2.24, 2.45) is 0 Å². The third-order valence-electron chi connectivity index (χ3n) is 2.24. The zero-order chi connectivity index (χ0) is 13.4. The van der Waals surface area contributed by atoms with Crippen molar-refractivity contribution in [3.05, 3.63) is 18.3 Å². The van der Waals surface area contributed by atoms with E-state index in [0.717, 1.165) is 6.42 Å². The molecule has 0 radical (unpaired) electrons. The van der Waals surface area contributed by atoms with E-state index in [2.05, 4.69) is 4.98 Å². The van der Waals surface area contributed by atoms with Gasteiger partial charge in [0.2, 0.25) is 0 Å². The van der Waals surface area contributed by atoms with E-state index in [9.17, 15) is 8.78 Å². The Morgan fingerprint density at radius 1 is 1.50 bits per heavy atom. The Labute approximate surface area is 105 Å². The number of nitrogens with zero attached hydrogens (tertiary/aromatic N) is 2. The Balaban J connectivity index is 2.87. The van der Waals surface area contributed by atoms with Crippen LogP contribution in [0.3, 0.4) is 0 Å². The summed E-state index contributed by atoms with van der Waals surface area (Å²) in [5, 5.41) is 8.92. The molecule has 1 rings (SSSR count). The number of pyridine rings is 1. The summed E-state index contributed by atoms with van der Waals surface area (Å²) in [4.78, 5) is 5.39. The lowest BCUT2D eigenvalue weighted by molar-refractivity contribution is 0.152. The summed E-state index contributed by atoms with van der Waals surface area (Å²) in [5.41, 5.74) is 0. The summed E-state index contributed by atoms with van der Waals surface area (Å²) in [7, 11) is 0. The summed E-state index contributed by atoms with van der Waals surface area (Å²) < 4.78 is 30.4. The van der Waals surface area contributed by atoms with Gasteiger partial charge in [0.05, 0.1) is 19.8 Å². The predicted octanol–water partition coefficient (Wildman–Crippen LogP) is 1.93. The Hall–Kier alpha value is -1.43. The van der Waals surface area contributed by atoms with Gasteiger partial charge in [-0.05, 0) is 18.6 Å². The first kappa shape index (κ1) is 14.6. The minimum absolute atomic E-state index is 0.101. The Kier molecular flexibility index (Phi) is 6.35. The number of halogens is 2. The number of rotatable bonds is 8. The van der Waals surface area contributed by atoms with E-state index >= 15 is 0 Å². The fourth-order valence-electron chi connectivity index (χ4n) is 1.52. The second kappa shape index (κ2) is 7.81. The molecule has 0 aromatic carbocycles. The lowest BCUT2D eigenvalue weighted by atomic mass is 10.3. The number of alkyl halides is 2. The smallest absolute Gasteiger partial charge is 0.255 e. The van der Waals surface area contributed by atoms with Crippen LogP contribution in [0.5, 0.6) is 5.75 Å². The van der Waals surface area contributed by atoms with E-state index in [4.69, 9.17) is 9.84 Å². The molecule has 1 aromatic heterocycles. The lowest BCUT2D eigenvalue weighted by Crippen LogP contribution is -2.32. The average Bonchev–Trinajstić information content (AvgIpc) is 2.36. The number of anilines is 1. The van der Waals surface area contributed by atoms with E-state index in [1.807, 2.05) is 6.92 Å². The number of hydrogen-bond acceptors (Lipinski definition) is 4. The normalized spacial score (nSPS) is 10.7. The van der Waals surface area contributed by atoms with Gasteiger partial charge < -0.3 is 14.7 Å². The largest absolute Gasteiger partial charge is 0.490 e. The highest BCUT2D eigenvalue weighted by Crippen LogP contribution is 2.25. The molecule has 0 amide bonds. The molecule has 0 fully saturated rings. The molecular weight excluding hydrogens is 242 g/mol. The number of hydrogen-bond donors (Lipinski definition) is 1. The van der Waals surface area contributed by atoms with Crippen LogP contribution < -0.4 is 9.64 Å². The quantitative estimate of drug-likeness (QED) is 0.776. The van der Waals surface area contributed by atoms with Gasteiger partial charge in [-0.3, -0.25) is 0 Å². The first-order valence-corrected chi connectivity index (χ1v) is 5.90. The van der Waals surface area contributed by atoms with Crippen LogP contribution >= 0.6 is 0 Å². The standard InChI is InChI=1S/C12H18F2N2O2/c1-2-8-18-10-4-3-5-15-12(10)16(6-7-17)9-11(13)14/h3-5,11,17H,2,6-9H2,1H3. The van der Waals surface area contributed by atoms with Crippen molar-refractivity contribution in [2.45, 2.75) is 19.8 Å². The van der Waals surface area contributed by atoms with Crippen molar-refractivity contribution >= 4 is 5.82 Å². The number of ether oxygens (including phenoxy) is 1. The van der Waals surface area contributed by atoms with Crippen LogP contribution in [0, 0.1) is 0 Å². The number of aromatic nitrogens is 1. The molecule has 1 N–H and O–H groups in total. The van der Waals surface area contributed by atoms with Crippen molar-refractivity contribution in [1.29, 1.82) is 0 Å². The lowest BCUT2D eigenvalue weighted by Gasteiger charge is -2.24. The molecule has 0 aliphatic heterocycles. The molecule has 1 heterocycles. The molecule has 0 saturated carbocycles. The summed E-state index contributed by atoms with van der Waals surface area (Å²) >= 11 is 0. The first-order chi connectivity index (χ1) is 8.69. The Morgan fingerprint density at radius 2 is 2.28 bits per heavy atom. The molecular formula is C12H18F2N2O2. The second-order valence-electron chi connectivity index (χ2n) is 3.73. The van der Waals surface area contributed by atoms with E-state index in [1.165, 1.54) is 11.1 Å². The van der Waals surface area contributed by atoms with Crippen molar-refractivity contribution in [3.8, 4) is 5.75 Å². The number of aliphatic hydroxyl groups is 1. The molecule has 0 atom stereocenters. The number of aliphatic hydroxyl groups excluding tert-OH is 1. The minimum Gasteiger partial charge on any atom is -0.490 e. The Morgan fingerprint density at radius 3 is 2.89 bits per heavy atom. The predicted molar refractivity (Wildman–Crippen MR) is 65.3 cm³/mol. The van der Waals surface area contributed by atoms with Gasteiger partial charge in [-0.2, -0.15) is 0 Å². The van der Waals surface area contributed by atoms with Crippen LogP contribution in [0.1, 0.15) is 13.3 Å². The fraction of sp³-hybridized carbons (Fsp3) is 0.583. The summed E-state index contributed by atoms with van der Waals surface area (Å²) in [6.07, 6.45) is -0.148. The van der Waals surface area contributed by atoms with Crippen LogP contribution in [0.25, 0.3) is 0 Å². The van der Waals surface area contributed by atoms with Crippen LogP contribution in [-0.4, -0.2) is 42.8 Å². The molecule has 0 spiro atoms. The van der Waals surface area contributed by atoms with E-state index in [1.54, 1.807) is 12.1 Å². The van der Waals surface area contributed by atoms with Gasteiger partial charge in [0.1, 0.15) is 0 Å². The maximum atomic E-state index is 12.5. The SMILES string of the molecule is CCCOc1cccnc1N(CCO)CC(F)F. The van der Waals surface area contributed by atoms with Gasteiger partial charge >= 0.3 is 0 Å². The van der Waals surface area contributed by atoms with Crippen molar-refractivity contribution in [3.63, 3.8) is 0 Å². The van der Waals surface area contributed by atoms with Crippen LogP contribution in [-0.2, 0) is 0 Å². The highest BCUT2D eigenvalue weighted by Gasteiger charge is 2.17. The third-order valence-corrected chi connectivity index (χ3v) is 2.24. The van der Waals surface area contributed by atoms with Crippen molar-refractivity contribution in [2.75, 3.05) is 31.2 Å². The maximum Gasteiger partial charge on any atom is 0.255 e. The molecule has 4 nitrogen and oxygen atoms in total. The molecule has 0 aliphatic carbocycles. The topological polar surface area (TPSA) is 45.6 Å². The molecule has 0 unspecified atom stereocenters. The van der Waals surface area contributed by atoms with Crippen LogP contribution in [0.2, 0.25) is 0 Å². The van der Waals surface area contributed by atoms with Gasteiger partial charge in [-0.1, -0.05) is 6.92 Å². The zero-order valence-electron chi connectivity index (χ0n) is 10.4. The molecule has 6 heteroatoms. The first-order valence-electron chi connectivity index (χ1n) is 5.90. The highest BCUT2D eigenvalue weighted by atomic mass is 19.3. The minimum atomic E-state index is -2.49. The van der Waals surface area contributed by atoms with Crippen molar-refractivity contribution in [1.82, 2.24) is 4.98 Å². The van der Waals surface area contributed by atoms with Gasteiger partial charge in [0.25, 0.3) is 6.43 Å². The Bertz CT molecular complexity index is 351. The molecule has 1 aromatic rings. The molecule has 102 valence electrons. The summed E-state index contributed by atoms with van der Waals surface area (Å²) in [6, 6.07) is 3.38. The summed E-state index contributed by atoms with van der Waals surface area (Å²) in [5.74, 6) is 0.814. The third kappa shape index (κ3) is 4.44. The van der Waals surface area contributed by atoms with Crippen LogP contribution in [0.4, 0.5) is 14.6 Å². The maximum absolute atomic E-state index is 12.5. The highest BCUT2D eigenvalue weighted by molar-refractivity contribution is 5.52. The van der Waals surface area contributed by atoms with Gasteiger partial charge in [0.15, 0.2) is 11.6 Å². The molecule has 0 bridgehead atoms. The van der Waals surface area contributed by atoms with Gasteiger partial charge in [0, 0.05) is 12.7 Å². The van der Waals surface area contributed by atoms with Gasteiger partial charge in [-0.25, -0.2) is 13.8 Å². The van der Waals surface area contributed by atoms with E-state index in [-0.39, 0.29) is 13.2 Å². The summed E-state index contributed by atoms with van der Waals surface area (Å²) in [6.45, 7) is 1.88. The second-order valence-corrected chi connectivity index (χ2v) is 3.73. The fourth-order valence-corrected chi connectivity index (χ4v) is 1.52. The molecule has 18 heavy (non-hydrogen) atoms. The monoisotopic (exact) mass is 260 g/mol. The van der Waals surface area contributed by atoms with Crippen molar-refractivity contribution < 1.29 is 18.6 Å². The van der Waals surface area contributed by atoms with E-state index in [0.29, 0.717) is 18.2 Å². The molecule has 0 saturated heterocycles. The van der Waals surface area contributed by atoms with Gasteiger partial charge in [-0.15, -0.1) is 0 Å².